The lowest BCUT2D eigenvalue weighted by Crippen LogP contribution is -2.41. The molecular formula is C27H44N4O14S. The summed E-state index contributed by atoms with van der Waals surface area (Å²) in [5.74, 6) is -8.41. The maximum atomic E-state index is 12.3. The highest BCUT2D eigenvalue weighted by molar-refractivity contribution is 7.90. The summed E-state index contributed by atoms with van der Waals surface area (Å²) in [7, 11) is -2.55. The minimum atomic E-state index is -4.01. The van der Waals surface area contributed by atoms with Gasteiger partial charge in [0.25, 0.3) is 0 Å². The molecule has 1 unspecified atom stereocenters. The Bertz CT molecular complexity index is 1170. The van der Waals surface area contributed by atoms with Crippen molar-refractivity contribution in [1.82, 2.24) is 20.7 Å². The highest BCUT2D eigenvalue weighted by Crippen LogP contribution is 2.15. The molecule has 19 heteroatoms. The summed E-state index contributed by atoms with van der Waals surface area (Å²) < 4.78 is 30.4. The summed E-state index contributed by atoms with van der Waals surface area (Å²) in [5.41, 5.74) is 0. The number of carboxylic acids is 3. The van der Waals surface area contributed by atoms with Crippen molar-refractivity contribution >= 4 is 57.3 Å². The van der Waals surface area contributed by atoms with Crippen LogP contribution in [0.1, 0.15) is 77.0 Å². The zero-order valence-electron chi connectivity index (χ0n) is 25.7. The minimum Gasteiger partial charge on any atom is -0.481 e. The molecule has 0 aromatic carbocycles. The van der Waals surface area contributed by atoms with Crippen molar-refractivity contribution in [3.63, 3.8) is 0 Å². The molecule has 4 amide bonds. The average molecular weight is 681 g/mol. The number of sulfonamides is 1. The number of carbonyl (C=O) groups is 8. The number of hydrogen-bond acceptors (Lipinski definition) is 11. The summed E-state index contributed by atoms with van der Waals surface area (Å²) in [5, 5.41) is 34.6. The molecule has 46 heavy (non-hydrogen) atoms. The molecule has 0 spiro atoms. The highest BCUT2D eigenvalue weighted by Gasteiger charge is 2.25. The Balaban J connectivity index is 4.40. The zero-order chi connectivity index (χ0) is 35.1. The molecule has 7 N–H and O–H groups in total. The number of Topliss-reactive ketones (excluding diaryl/α,β-unsaturated/α-hetero) is 1. The first-order valence-electron chi connectivity index (χ1n) is 14.6. The Morgan fingerprint density at radius 3 is 1.89 bits per heavy atom. The Labute approximate surface area is 266 Å². The van der Waals surface area contributed by atoms with Crippen molar-refractivity contribution < 1.29 is 66.8 Å². The second-order valence-corrected chi connectivity index (χ2v) is 12.1. The number of ether oxygens (including phenoxy) is 1. The van der Waals surface area contributed by atoms with Crippen molar-refractivity contribution in [1.29, 1.82) is 0 Å². The fourth-order valence-corrected chi connectivity index (χ4v) is 4.94. The lowest BCUT2D eigenvalue weighted by molar-refractivity contribution is -0.145. The van der Waals surface area contributed by atoms with Gasteiger partial charge in [-0.1, -0.05) is 0 Å². The third kappa shape index (κ3) is 22.4. The normalized spacial score (nSPS) is 12.3. The predicted molar refractivity (Wildman–Crippen MR) is 159 cm³/mol. The van der Waals surface area contributed by atoms with Gasteiger partial charge in [-0.15, -0.1) is 0 Å². The SMILES string of the molecule is COCCNC(=O)CCC(CC(=O)CC[C@H](NC(=O)CCCNC(=O)CCCS(=O)(=O)NC(=O)CCCC(=O)O)C(=O)O)C(=O)O. The maximum absolute atomic E-state index is 12.3. The number of carbonyl (C=O) groups excluding carboxylic acids is 5. The molecule has 0 rings (SSSR count). The van der Waals surface area contributed by atoms with E-state index in [-0.39, 0.29) is 90.3 Å². The lowest BCUT2D eigenvalue weighted by Gasteiger charge is -2.15. The summed E-state index contributed by atoms with van der Waals surface area (Å²) in [4.78, 5) is 93.4. The molecule has 0 bridgehead atoms. The predicted octanol–water partition coefficient (Wildman–Crippen LogP) is -1.08. The van der Waals surface area contributed by atoms with Gasteiger partial charge >= 0.3 is 17.9 Å². The molecule has 0 aliphatic rings. The lowest BCUT2D eigenvalue weighted by atomic mass is 9.94. The first kappa shape index (κ1) is 41.9. The van der Waals surface area contributed by atoms with Gasteiger partial charge in [0, 0.05) is 65.1 Å². The van der Waals surface area contributed by atoms with Crippen molar-refractivity contribution in [2.24, 2.45) is 5.92 Å². The number of ketones is 1. The molecule has 262 valence electrons. The Hall–Kier alpha value is -4.13. The van der Waals surface area contributed by atoms with E-state index in [2.05, 4.69) is 16.0 Å². The van der Waals surface area contributed by atoms with E-state index in [1.54, 1.807) is 4.72 Å². The quantitative estimate of drug-likeness (QED) is 0.0508. The second-order valence-electron chi connectivity index (χ2n) is 10.3. The fraction of sp³-hybridized carbons (Fsp3) is 0.704. The standard InChI is InChI=1S/C27H44N4O14S/c1-45-15-14-29-22(34)12-9-18(26(39)40)17-19(32)10-11-20(27(41)42)30-23(35)6-3-13-28-21(33)7-4-16-46(43,44)31-24(36)5-2-8-25(37)38/h18,20H,2-17H2,1H3,(H,28,33)(H,29,34)(H,30,35)(H,31,36)(H,37,38)(H,39,40)(H,41,42)/t18?,20-/m0/s1. The van der Waals surface area contributed by atoms with Crippen LogP contribution < -0.4 is 20.7 Å². The van der Waals surface area contributed by atoms with Crippen LogP contribution in [0.15, 0.2) is 0 Å². The number of aliphatic carboxylic acids is 3. The third-order valence-electron chi connectivity index (χ3n) is 6.30. The molecule has 0 aromatic heterocycles. The Kier molecular flexibility index (Phi) is 21.2. The second kappa shape index (κ2) is 23.2. The van der Waals surface area contributed by atoms with Crippen LogP contribution in [-0.4, -0.2) is 110 Å². The van der Waals surface area contributed by atoms with Crippen molar-refractivity contribution in [2.45, 2.75) is 83.1 Å². The summed E-state index contributed by atoms with van der Waals surface area (Å²) >= 11 is 0. The van der Waals surface area contributed by atoms with Crippen LogP contribution in [0.5, 0.6) is 0 Å². The zero-order valence-corrected chi connectivity index (χ0v) is 26.5. The molecule has 0 aromatic rings. The molecule has 0 heterocycles. The molecule has 0 radical (unpaired) electrons. The van der Waals surface area contributed by atoms with E-state index in [4.69, 9.17) is 9.84 Å². The van der Waals surface area contributed by atoms with Gasteiger partial charge in [-0.25, -0.2) is 13.2 Å². The third-order valence-corrected chi connectivity index (χ3v) is 7.67. The number of nitrogens with one attached hydrogen (secondary N) is 4. The molecule has 18 nitrogen and oxygen atoms in total. The molecule has 0 aliphatic carbocycles. The molecule has 0 fully saturated rings. The van der Waals surface area contributed by atoms with Crippen LogP contribution in [0.3, 0.4) is 0 Å². The Morgan fingerprint density at radius 2 is 1.28 bits per heavy atom. The number of methoxy groups -OCH3 is 1. The van der Waals surface area contributed by atoms with E-state index in [0.717, 1.165) is 0 Å². The van der Waals surface area contributed by atoms with Gasteiger partial charge in [0.05, 0.1) is 18.3 Å². The van der Waals surface area contributed by atoms with Crippen LogP contribution in [0.2, 0.25) is 0 Å². The number of hydrogen-bond donors (Lipinski definition) is 7. The first-order valence-corrected chi connectivity index (χ1v) is 16.3. The van der Waals surface area contributed by atoms with Crippen LogP contribution in [0, 0.1) is 5.92 Å². The molecular weight excluding hydrogens is 636 g/mol. The largest absolute Gasteiger partial charge is 0.481 e. The van der Waals surface area contributed by atoms with E-state index < -0.39 is 81.5 Å². The number of amides is 4. The van der Waals surface area contributed by atoms with E-state index in [1.165, 1.54) is 7.11 Å². The van der Waals surface area contributed by atoms with Gasteiger partial charge in [-0.05, 0) is 32.1 Å². The van der Waals surface area contributed by atoms with Crippen LogP contribution >= 0.6 is 0 Å². The van der Waals surface area contributed by atoms with Gasteiger partial charge in [0.1, 0.15) is 11.8 Å². The maximum Gasteiger partial charge on any atom is 0.326 e. The van der Waals surface area contributed by atoms with E-state index in [0.29, 0.717) is 0 Å². The summed E-state index contributed by atoms with van der Waals surface area (Å²) in [6.45, 7) is 0.561. The van der Waals surface area contributed by atoms with Crippen LogP contribution in [0.25, 0.3) is 0 Å². The van der Waals surface area contributed by atoms with Crippen LogP contribution in [0.4, 0.5) is 0 Å². The average Bonchev–Trinajstić information content (AvgIpc) is 2.94. The number of carboxylic acid groups (broad SMARTS) is 3. The minimum absolute atomic E-state index is 0.0243. The molecule has 2 atom stereocenters. The molecule has 0 aliphatic heterocycles. The Morgan fingerprint density at radius 1 is 0.674 bits per heavy atom. The van der Waals surface area contributed by atoms with Gasteiger partial charge < -0.3 is 36.0 Å². The smallest absolute Gasteiger partial charge is 0.326 e. The summed E-state index contributed by atoms with van der Waals surface area (Å²) in [6, 6.07) is -1.42. The number of rotatable bonds is 27. The van der Waals surface area contributed by atoms with Crippen LogP contribution in [-0.2, 0) is 53.1 Å². The topological polar surface area (TPSA) is 289 Å². The summed E-state index contributed by atoms with van der Waals surface area (Å²) in [6.07, 6.45) is -2.18. The van der Waals surface area contributed by atoms with Crippen molar-refractivity contribution in [3.8, 4) is 0 Å². The van der Waals surface area contributed by atoms with Gasteiger partial charge in [-0.2, -0.15) is 0 Å². The van der Waals surface area contributed by atoms with E-state index in [1.807, 2.05) is 0 Å². The van der Waals surface area contributed by atoms with E-state index >= 15 is 0 Å². The first-order chi connectivity index (χ1) is 21.6. The molecule has 0 saturated carbocycles. The van der Waals surface area contributed by atoms with Gasteiger partial charge in [0.15, 0.2) is 0 Å². The highest BCUT2D eigenvalue weighted by atomic mass is 32.2. The fourth-order valence-electron chi connectivity index (χ4n) is 3.87. The molecule has 0 saturated heterocycles. The van der Waals surface area contributed by atoms with Crippen molar-refractivity contribution in [2.75, 3.05) is 32.6 Å². The van der Waals surface area contributed by atoms with Gasteiger partial charge in [-0.3, -0.25) is 38.3 Å². The van der Waals surface area contributed by atoms with E-state index in [9.17, 15) is 57.0 Å². The van der Waals surface area contributed by atoms with Gasteiger partial charge in [0.2, 0.25) is 33.7 Å². The monoisotopic (exact) mass is 680 g/mol. The van der Waals surface area contributed by atoms with Crippen molar-refractivity contribution in [3.05, 3.63) is 0 Å².